The van der Waals surface area contributed by atoms with Crippen LogP contribution in [0.5, 0.6) is 0 Å². The van der Waals surface area contributed by atoms with Gasteiger partial charge >= 0.3 is 5.97 Å². The smallest absolute Gasteiger partial charge is 0.347 e. The summed E-state index contributed by atoms with van der Waals surface area (Å²) in [7, 11) is 0. The summed E-state index contributed by atoms with van der Waals surface area (Å²) in [4.78, 5) is 18.7. The Morgan fingerprint density at radius 1 is 1.14 bits per heavy atom. The molecule has 1 aromatic heterocycles. The largest absolute Gasteiger partial charge is 0.477 e. The van der Waals surface area contributed by atoms with Gasteiger partial charge in [0.05, 0.1) is 12.2 Å². The number of carbonyl (C=O) groups is 1. The number of thiazole rings is 1. The minimum absolute atomic E-state index is 0.429. The summed E-state index contributed by atoms with van der Waals surface area (Å²) in [6, 6.07) is 0. The van der Waals surface area contributed by atoms with E-state index in [2.05, 4.69) is 30.7 Å². The van der Waals surface area contributed by atoms with Gasteiger partial charge in [0.25, 0.3) is 0 Å². The van der Waals surface area contributed by atoms with E-state index in [4.69, 9.17) is 0 Å². The molecule has 120 valence electrons. The number of carboxylic acid groups (broad SMARTS) is 1. The highest BCUT2D eigenvalue weighted by Crippen LogP contribution is 2.22. The van der Waals surface area contributed by atoms with Crippen LogP contribution in [-0.4, -0.2) is 34.0 Å². The molecule has 21 heavy (non-hydrogen) atoms. The Hall–Kier alpha value is -0.940. The molecule has 1 N–H and O–H groups in total. The molecule has 0 aromatic carbocycles. The van der Waals surface area contributed by atoms with Crippen LogP contribution in [0.3, 0.4) is 0 Å². The maximum atomic E-state index is 11.3. The quantitative estimate of drug-likeness (QED) is 0.665. The van der Waals surface area contributed by atoms with E-state index in [-0.39, 0.29) is 0 Å². The first-order valence-corrected chi connectivity index (χ1v) is 8.88. The Morgan fingerprint density at radius 3 is 2.24 bits per heavy atom. The molecule has 0 saturated carbocycles. The highest BCUT2D eigenvalue weighted by atomic mass is 32.1. The van der Waals surface area contributed by atoms with Crippen molar-refractivity contribution in [2.45, 2.75) is 65.8 Å². The van der Waals surface area contributed by atoms with Crippen LogP contribution in [0.1, 0.15) is 73.2 Å². The second-order valence-corrected chi connectivity index (χ2v) is 6.51. The number of unbranched alkanes of at least 4 members (excludes halogenated alkanes) is 2. The number of nitrogens with zero attached hydrogens (tertiary/aromatic N) is 2. The molecule has 0 aliphatic heterocycles. The third-order valence-electron chi connectivity index (χ3n) is 3.44. The number of aryl methyl sites for hydroxylation is 1. The lowest BCUT2D eigenvalue weighted by atomic mass is 10.2. The fourth-order valence-electron chi connectivity index (χ4n) is 2.27. The van der Waals surface area contributed by atoms with Gasteiger partial charge in [0.15, 0.2) is 0 Å². The highest BCUT2D eigenvalue weighted by molar-refractivity contribution is 7.13. The van der Waals surface area contributed by atoms with E-state index in [0.717, 1.165) is 43.2 Å². The molecule has 4 nitrogen and oxygen atoms in total. The number of aromatic carboxylic acids is 1. The van der Waals surface area contributed by atoms with Crippen molar-refractivity contribution in [1.29, 1.82) is 0 Å². The Balaban J connectivity index is 2.76. The van der Waals surface area contributed by atoms with Gasteiger partial charge in [-0.05, 0) is 32.4 Å². The van der Waals surface area contributed by atoms with Gasteiger partial charge in [0.2, 0.25) is 0 Å². The average molecular weight is 312 g/mol. The SMILES string of the molecule is CCCCN(CCCC)Cc1nc(CCC)c(C(=O)O)s1. The first-order valence-electron chi connectivity index (χ1n) is 8.06. The molecule has 5 heteroatoms. The fourth-order valence-corrected chi connectivity index (χ4v) is 3.26. The van der Waals surface area contributed by atoms with Crippen molar-refractivity contribution < 1.29 is 9.90 Å². The third kappa shape index (κ3) is 6.14. The molecule has 0 radical (unpaired) electrons. The summed E-state index contributed by atoms with van der Waals surface area (Å²) in [5.41, 5.74) is 0.760. The van der Waals surface area contributed by atoms with Crippen LogP contribution in [0, 0.1) is 0 Å². The average Bonchev–Trinajstić information content (AvgIpc) is 2.85. The lowest BCUT2D eigenvalue weighted by Crippen LogP contribution is -2.25. The number of aromatic nitrogens is 1. The third-order valence-corrected chi connectivity index (χ3v) is 4.51. The maximum absolute atomic E-state index is 11.3. The molecule has 1 heterocycles. The summed E-state index contributed by atoms with van der Waals surface area (Å²) >= 11 is 1.35. The van der Waals surface area contributed by atoms with E-state index in [9.17, 15) is 9.90 Å². The van der Waals surface area contributed by atoms with Crippen LogP contribution in [0.15, 0.2) is 0 Å². The van der Waals surface area contributed by atoms with Crippen LogP contribution in [0.2, 0.25) is 0 Å². The van der Waals surface area contributed by atoms with Crippen molar-refractivity contribution in [3.05, 3.63) is 15.6 Å². The maximum Gasteiger partial charge on any atom is 0.347 e. The molecule has 0 amide bonds. The zero-order valence-electron chi connectivity index (χ0n) is 13.5. The van der Waals surface area contributed by atoms with E-state index in [1.807, 2.05) is 0 Å². The van der Waals surface area contributed by atoms with Gasteiger partial charge in [0, 0.05) is 0 Å². The predicted molar refractivity (Wildman–Crippen MR) is 88.2 cm³/mol. The Bertz CT molecular complexity index is 424. The molecule has 0 aliphatic rings. The second kappa shape index (κ2) is 9.90. The van der Waals surface area contributed by atoms with E-state index in [0.29, 0.717) is 4.88 Å². The van der Waals surface area contributed by atoms with Gasteiger partial charge in [-0.3, -0.25) is 4.90 Å². The molecule has 0 bridgehead atoms. The van der Waals surface area contributed by atoms with Crippen LogP contribution in [-0.2, 0) is 13.0 Å². The van der Waals surface area contributed by atoms with Gasteiger partial charge in [-0.1, -0.05) is 40.0 Å². The van der Waals surface area contributed by atoms with E-state index in [1.165, 1.54) is 37.0 Å². The summed E-state index contributed by atoms with van der Waals surface area (Å²) in [5, 5.41) is 10.2. The molecule has 0 fully saturated rings. The summed E-state index contributed by atoms with van der Waals surface area (Å²) in [6.07, 6.45) is 6.41. The Kier molecular flexibility index (Phi) is 8.54. The molecule has 0 atom stereocenters. The van der Waals surface area contributed by atoms with Crippen molar-refractivity contribution in [2.75, 3.05) is 13.1 Å². The topological polar surface area (TPSA) is 53.4 Å². The summed E-state index contributed by atoms with van der Waals surface area (Å²) in [5.74, 6) is -0.837. The second-order valence-electron chi connectivity index (χ2n) is 5.42. The zero-order valence-corrected chi connectivity index (χ0v) is 14.3. The first-order chi connectivity index (χ1) is 10.1. The van der Waals surface area contributed by atoms with E-state index < -0.39 is 5.97 Å². The van der Waals surface area contributed by atoms with Gasteiger partial charge in [-0.2, -0.15) is 0 Å². The standard InChI is InChI=1S/C16H28N2O2S/c1-4-7-10-18(11-8-5-2)12-14-17-13(9-6-3)15(21-14)16(19)20/h4-12H2,1-3H3,(H,19,20). The minimum atomic E-state index is -0.837. The van der Waals surface area contributed by atoms with Crippen LogP contribution >= 0.6 is 11.3 Å². The molecular weight excluding hydrogens is 284 g/mol. The van der Waals surface area contributed by atoms with E-state index >= 15 is 0 Å². The molecule has 0 saturated heterocycles. The van der Waals surface area contributed by atoms with Crippen LogP contribution in [0.4, 0.5) is 0 Å². The van der Waals surface area contributed by atoms with Gasteiger partial charge < -0.3 is 5.11 Å². The minimum Gasteiger partial charge on any atom is -0.477 e. The first kappa shape index (κ1) is 18.1. The monoisotopic (exact) mass is 312 g/mol. The zero-order chi connectivity index (χ0) is 15.7. The lowest BCUT2D eigenvalue weighted by molar-refractivity contribution is 0.0700. The van der Waals surface area contributed by atoms with Gasteiger partial charge in [-0.15, -0.1) is 11.3 Å². The van der Waals surface area contributed by atoms with Crippen molar-refractivity contribution in [1.82, 2.24) is 9.88 Å². The molecule has 1 rings (SSSR count). The van der Waals surface area contributed by atoms with Gasteiger partial charge in [-0.25, -0.2) is 9.78 Å². The van der Waals surface area contributed by atoms with Crippen molar-refractivity contribution >= 4 is 17.3 Å². The molecular formula is C16H28N2O2S. The van der Waals surface area contributed by atoms with E-state index in [1.54, 1.807) is 0 Å². The predicted octanol–water partition coefficient (Wildman–Crippen LogP) is 4.20. The van der Waals surface area contributed by atoms with Crippen molar-refractivity contribution in [3.63, 3.8) is 0 Å². The van der Waals surface area contributed by atoms with Crippen LogP contribution < -0.4 is 0 Å². The molecule has 1 aromatic rings. The number of rotatable bonds is 11. The fraction of sp³-hybridized carbons (Fsp3) is 0.750. The van der Waals surface area contributed by atoms with Crippen LogP contribution in [0.25, 0.3) is 0 Å². The Morgan fingerprint density at radius 2 is 1.76 bits per heavy atom. The number of hydrogen-bond acceptors (Lipinski definition) is 4. The normalized spacial score (nSPS) is 11.2. The summed E-state index contributed by atoms with van der Waals surface area (Å²) < 4.78 is 0. The highest BCUT2D eigenvalue weighted by Gasteiger charge is 2.18. The van der Waals surface area contributed by atoms with Gasteiger partial charge in [0.1, 0.15) is 9.88 Å². The number of hydrogen-bond donors (Lipinski definition) is 1. The molecule has 0 spiro atoms. The Labute approximate surface area is 132 Å². The molecule has 0 unspecified atom stereocenters. The van der Waals surface area contributed by atoms with Crippen molar-refractivity contribution in [3.8, 4) is 0 Å². The van der Waals surface area contributed by atoms with Crippen molar-refractivity contribution in [2.24, 2.45) is 0 Å². The number of carboxylic acids is 1. The molecule has 0 aliphatic carbocycles. The lowest BCUT2D eigenvalue weighted by Gasteiger charge is -2.20. The summed E-state index contributed by atoms with van der Waals surface area (Å²) in [6.45, 7) is 9.38.